The van der Waals surface area contributed by atoms with Crippen LogP contribution in [0.1, 0.15) is 5.56 Å². The Morgan fingerprint density at radius 2 is 2.08 bits per heavy atom. The summed E-state index contributed by atoms with van der Waals surface area (Å²) in [5.41, 5.74) is 0.858. The first-order chi connectivity index (χ1) is 6.31. The van der Waals surface area contributed by atoms with Crippen LogP contribution < -0.4 is 9.47 Å². The zero-order valence-electron chi connectivity index (χ0n) is 7.70. The lowest BCUT2D eigenvalue weighted by Gasteiger charge is -2.05. The Morgan fingerprint density at radius 3 is 2.62 bits per heavy atom. The first-order valence-corrected chi connectivity index (χ1v) is 3.86. The predicted octanol–water partition coefficient (Wildman–Crippen LogP) is 2.12. The van der Waals surface area contributed by atoms with Crippen molar-refractivity contribution >= 4 is 0 Å². The van der Waals surface area contributed by atoms with E-state index in [2.05, 4.69) is 4.85 Å². The van der Waals surface area contributed by atoms with Crippen LogP contribution >= 0.6 is 0 Å². The zero-order valence-corrected chi connectivity index (χ0v) is 7.70. The molecule has 0 radical (unpaired) electrons. The van der Waals surface area contributed by atoms with E-state index < -0.39 is 0 Å². The molecule has 0 aliphatic carbocycles. The molecule has 0 atom stereocenters. The molecule has 68 valence electrons. The van der Waals surface area contributed by atoms with Gasteiger partial charge in [0.2, 0.25) is 6.54 Å². The fourth-order valence-electron chi connectivity index (χ4n) is 1.09. The van der Waals surface area contributed by atoms with Crippen LogP contribution in [0, 0.1) is 6.57 Å². The molecule has 1 aromatic rings. The van der Waals surface area contributed by atoms with Crippen molar-refractivity contribution in [3.05, 3.63) is 35.2 Å². The van der Waals surface area contributed by atoms with Gasteiger partial charge < -0.3 is 14.3 Å². The molecule has 1 aromatic carbocycles. The van der Waals surface area contributed by atoms with Crippen molar-refractivity contribution in [2.45, 2.75) is 6.54 Å². The van der Waals surface area contributed by atoms with E-state index in [1.54, 1.807) is 20.3 Å². The molecular weight excluding hydrogens is 166 g/mol. The van der Waals surface area contributed by atoms with Crippen LogP contribution in [0.3, 0.4) is 0 Å². The molecule has 1 rings (SSSR count). The van der Waals surface area contributed by atoms with Gasteiger partial charge in [-0.15, -0.1) is 0 Å². The summed E-state index contributed by atoms with van der Waals surface area (Å²) in [6.45, 7) is 7.09. The molecule has 0 aromatic heterocycles. The Balaban J connectivity index is 3.04. The number of hydrogen-bond donors (Lipinski definition) is 0. The molecule has 13 heavy (non-hydrogen) atoms. The van der Waals surface area contributed by atoms with Crippen molar-refractivity contribution in [2.75, 3.05) is 14.2 Å². The number of hydrogen-bond acceptors (Lipinski definition) is 2. The molecule has 0 heterocycles. The highest BCUT2D eigenvalue weighted by atomic mass is 16.5. The second-order valence-corrected chi connectivity index (χ2v) is 2.49. The number of rotatable bonds is 3. The van der Waals surface area contributed by atoms with Crippen molar-refractivity contribution in [1.82, 2.24) is 0 Å². The van der Waals surface area contributed by atoms with Gasteiger partial charge in [0.15, 0.2) is 0 Å². The molecule has 0 amide bonds. The monoisotopic (exact) mass is 177 g/mol. The van der Waals surface area contributed by atoms with E-state index in [0.29, 0.717) is 6.54 Å². The Kier molecular flexibility index (Phi) is 3.15. The van der Waals surface area contributed by atoms with E-state index in [1.165, 1.54) is 0 Å². The largest absolute Gasteiger partial charge is 0.497 e. The van der Waals surface area contributed by atoms with Gasteiger partial charge in [-0.05, 0) is 18.2 Å². The quantitative estimate of drug-likeness (QED) is 0.660. The van der Waals surface area contributed by atoms with Crippen LogP contribution in [0.2, 0.25) is 0 Å². The lowest BCUT2D eigenvalue weighted by atomic mass is 10.2. The minimum Gasteiger partial charge on any atom is -0.497 e. The normalized spacial score (nSPS) is 9.00. The van der Waals surface area contributed by atoms with E-state index in [9.17, 15) is 0 Å². The van der Waals surface area contributed by atoms with Gasteiger partial charge in [0, 0.05) is 0 Å². The average Bonchev–Trinajstić information content (AvgIpc) is 2.18. The van der Waals surface area contributed by atoms with Crippen molar-refractivity contribution in [1.29, 1.82) is 0 Å². The Labute approximate surface area is 77.7 Å². The minimum atomic E-state index is 0.320. The van der Waals surface area contributed by atoms with Gasteiger partial charge in [-0.1, -0.05) is 0 Å². The lowest BCUT2D eigenvalue weighted by molar-refractivity contribution is 0.399. The minimum absolute atomic E-state index is 0.320. The van der Waals surface area contributed by atoms with E-state index in [0.717, 1.165) is 17.1 Å². The maximum absolute atomic E-state index is 6.77. The highest BCUT2D eigenvalue weighted by Crippen LogP contribution is 2.24. The van der Waals surface area contributed by atoms with E-state index in [-0.39, 0.29) is 0 Å². The number of nitrogens with zero attached hydrogens (tertiary/aromatic N) is 1. The zero-order chi connectivity index (χ0) is 9.68. The summed E-state index contributed by atoms with van der Waals surface area (Å²) in [7, 11) is 3.19. The summed E-state index contributed by atoms with van der Waals surface area (Å²) in [5, 5.41) is 0. The number of ether oxygens (including phenoxy) is 2. The van der Waals surface area contributed by atoms with Crippen molar-refractivity contribution in [2.24, 2.45) is 0 Å². The summed E-state index contributed by atoms with van der Waals surface area (Å²) in [6, 6.07) is 5.43. The van der Waals surface area contributed by atoms with Crippen molar-refractivity contribution in [3.63, 3.8) is 0 Å². The maximum Gasteiger partial charge on any atom is 0.243 e. The molecule has 0 N–H and O–H groups in total. The first-order valence-electron chi connectivity index (χ1n) is 3.86. The molecule has 3 nitrogen and oxygen atoms in total. The average molecular weight is 177 g/mol. The second kappa shape index (κ2) is 4.36. The van der Waals surface area contributed by atoms with E-state index >= 15 is 0 Å². The van der Waals surface area contributed by atoms with Crippen LogP contribution in [0.25, 0.3) is 4.85 Å². The molecule has 0 saturated carbocycles. The molecular formula is C10H11NO2. The molecule has 0 aliphatic heterocycles. The maximum atomic E-state index is 6.77. The standard InChI is InChI=1S/C10H11NO2/c1-11-7-8-6-9(12-2)4-5-10(8)13-3/h4-6H,7H2,2-3H3. The lowest BCUT2D eigenvalue weighted by Crippen LogP contribution is -1.91. The SMILES string of the molecule is [C-]#[N+]Cc1cc(OC)ccc1OC. The predicted molar refractivity (Wildman–Crippen MR) is 49.9 cm³/mol. The third-order valence-corrected chi connectivity index (χ3v) is 1.74. The highest BCUT2D eigenvalue weighted by Gasteiger charge is 2.06. The molecule has 0 fully saturated rings. The van der Waals surface area contributed by atoms with Crippen LogP contribution in [-0.4, -0.2) is 14.2 Å². The summed E-state index contributed by atoms with van der Waals surface area (Å²) in [5.74, 6) is 1.48. The summed E-state index contributed by atoms with van der Waals surface area (Å²) < 4.78 is 10.1. The van der Waals surface area contributed by atoms with Gasteiger partial charge in [0.05, 0.1) is 19.8 Å². The first kappa shape index (κ1) is 9.40. The van der Waals surface area contributed by atoms with E-state index in [4.69, 9.17) is 16.0 Å². The number of methoxy groups -OCH3 is 2. The molecule has 0 saturated heterocycles. The van der Waals surface area contributed by atoms with Crippen LogP contribution in [-0.2, 0) is 6.54 Å². The summed E-state index contributed by atoms with van der Waals surface area (Å²) in [6.07, 6.45) is 0. The second-order valence-electron chi connectivity index (χ2n) is 2.49. The highest BCUT2D eigenvalue weighted by molar-refractivity contribution is 5.40. The Hall–Kier alpha value is -1.69. The fraction of sp³-hybridized carbons (Fsp3) is 0.300. The van der Waals surface area contributed by atoms with Crippen molar-refractivity contribution in [3.8, 4) is 11.5 Å². The van der Waals surface area contributed by atoms with Gasteiger partial charge in [0.1, 0.15) is 11.5 Å². The third-order valence-electron chi connectivity index (χ3n) is 1.74. The van der Waals surface area contributed by atoms with Crippen LogP contribution in [0.4, 0.5) is 0 Å². The third kappa shape index (κ3) is 2.12. The summed E-state index contributed by atoms with van der Waals surface area (Å²) >= 11 is 0. The van der Waals surface area contributed by atoms with Crippen molar-refractivity contribution < 1.29 is 9.47 Å². The van der Waals surface area contributed by atoms with Gasteiger partial charge in [-0.25, -0.2) is 6.57 Å². The molecule has 0 unspecified atom stereocenters. The summed E-state index contributed by atoms with van der Waals surface area (Å²) in [4.78, 5) is 3.30. The molecule has 0 spiro atoms. The van der Waals surface area contributed by atoms with Crippen LogP contribution in [0.15, 0.2) is 18.2 Å². The smallest absolute Gasteiger partial charge is 0.243 e. The Bertz CT molecular complexity index is 328. The van der Waals surface area contributed by atoms with Gasteiger partial charge in [0.25, 0.3) is 0 Å². The topological polar surface area (TPSA) is 22.8 Å². The number of benzene rings is 1. The fourth-order valence-corrected chi connectivity index (χ4v) is 1.09. The Morgan fingerprint density at radius 1 is 1.31 bits per heavy atom. The van der Waals surface area contributed by atoms with Gasteiger partial charge in [-0.2, -0.15) is 0 Å². The van der Waals surface area contributed by atoms with Gasteiger partial charge in [-0.3, -0.25) is 0 Å². The molecule has 0 bridgehead atoms. The van der Waals surface area contributed by atoms with Gasteiger partial charge >= 0.3 is 0 Å². The molecule has 3 heteroatoms. The van der Waals surface area contributed by atoms with E-state index in [1.807, 2.05) is 12.1 Å². The molecule has 0 aliphatic rings. The van der Waals surface area contributed by atoms with Crippen LogP contribution in [0.5, 0.6) is 11.5 Å².